The first kappa shape index (κ1) is 57.0. The van der Waals surface area contributed by atoms with E-state index in [-0.39, 0.29) is 25.2 Å². The highest BCUT2D eigenvalue weighted by molar-refractivity contribution is 7.99. The summed E-state index contributed by atoms with van der Waals surface area (Å²) in [4.78, 5) is 138. The number of fused-ring (bicyclic) bond motifs is 3. The summed E-state index contributed by atoms with van der Waals surface area (Å²) in [5, 5.41) is 27.9. The van der Waals surface area contributed by atoms with E-state index >= 15 is 0 Å². The van der Waals surface area contributed by atoms with Gasteiger partial charge in [-0.05, 0) is 36.5 Å². The molecule has 1 saturated heterocycles. The Balaban J connectivity index is 1.44. The van der Waals surface area contributed by atoms with Crippen molar-refractivity contribution in [3.63, 3.8) is 0 Å². The number of hydrogen-bond acceptors (Lipinski definition) is 16. The van der Waals surface area contributed by atoms with Gasteiger partial charge in [-0.3, -0.25) is 43.2 Å². The lowest BCUT2D eigenvalue weighted by Gasteiger charge is -2.38. The monoisotopic (exact) mass is 1030 g/mol. The molecule has 10 atom stereocenters. The summed E-state index contributed by atoms with van der Waals surface area (Å²) in [7, 11) is 0. The van der Waals surface area contributed by atoms with Gasteiger partial charge in [-0.2, -0.15) is 0 Å². The average Bonchev–Trinajstić information content (AvgIpc) is 3.89. The number of carbonyl (C=O) groups is 10. The summed E-state index contributed by atoms with van der Waals surface area (Å²) in [6.07, 6.45) is -2.47. The van der Waals surface area contributed by atoms with Gasteiger partial charge in [-0.25, -0.2) is 0 Å². The molecule has 24 heteroatoms. The van der Waals surface area contributed by atoms with Gasteiger partial charge in [-0.1, -0.05) is 75.7 Å². The van der Waals surface area contributed by atoms with Crippen molar-refractivity contribution in [3.8, 4) is 0 Å². The molecule has 7 amide bonds. The Kier molecular flexibility index (Phi) is 20.4. The van der Waals surface area contributed by atoms with Crippen molar-refractivity contribution in [1.82, 2.24) is 41.8 Å². The summed E-state index contributed by atoms with van der Waals surface area (Å²) in [5.74, 6) is -8.78. The van der Waals surface area contributed by atoms with Crippen molar-refractivity contribution in [3.05, 3.63) is 65.7 Å². The van der Waals surface area contributed by atoms with Crippen molar-refractivity contribution in [2.75, 3.05) is 31.9 Å². The predicted octanol–water partition coefficient (Wildman–Crippen LogP) is -1.43. The number of hydrogen-bond donors (Lipinski definition) is 10. The van der Waals surface area contributed by atoms with Crippen LogP contribution in [0.4, 0.5) is 0 Å². The lowest BCUT2D eigenvalue weighted by Crippen LogP contribution is -2.63. The molecular formula is C49H66N10O13S. The molecule has 73 heavy (non-hydrogen) atoms. The normalized spacial score (nSPS) is 23.3. The molecule has 1 unspecified atom stereocenters. The third-order valence-corrected chi connectivity index (χ3v) is 14.1. The lowest BCUT2D eigenvalue weighted by atomic mass is 9.92. The highest BCUT2D eigenvalue weighted by Gasteiger charge is 2.50. The van der Waals surface area contributed by atoms with Crippen molar-refractivity contribution < 1.29 is 62.5 Å². The summed E-state index contributed by atoms with van der Waals surface area (Å²) in [6.45, 7) is 5.71. The largest absolute Gasteiger partial charge is 0.462 e. The number of aromatic nitrogens is 1. The number of esters is 2. The molecule has 0 saturated carbocycles. The van der Waals surface area contributed by atoms with E-state index in [2.05, 4.69) is 36.9 Å². The molecule has 5 rings (SSSR count). The van der Waals surface area contributed by atoms with Crippen molar-refractivity contribution in [2.45, 2.75) is 120 Å². The molecule has 396 valence electrons. The first-order valence-corrected chi connectivity index (χ1v) is 24.9. The van der Waals surface area contributed by atoms with E-state index in [9.17, 15) is 53.1 Å². The van der Waals surface area contributed by atoms with Gasteiger partial charge in [0.15, 0.2) is 0 Å². The minimum atomic E-state index is -1.89. The zero-order chi connectivity index (χ0) is 53.6. The van der Waals surface area contributed by atoms with Crippen LogP contribution >= 0.6 is 11.8 Å². The Morgan fingerprint density at radius 2 is 1.62 bits per heavy atom. The number of carbonyl (C=O) groups excluding carboxylic acids is 10. The van der Waals surface area contributed by atoms with Crippen LogP contribution in [0.2, 0.25) is 0 Å². The minimum Gasteiger partial charge on any atom is -0.462 e. The van der Waals surface area contributed by atoms with E-state index < -0.39 is 146 Å². The summed E-state index contributed by atoms with van der Waals surface area (Å²) >= 11 is 1.06. The van der Waals surface area contributed by atoms with Crippen LogP contribution < -0.4 is 43.4 Å². The molecule has 0 radical (unpaired) electrons. The van der Waals surface area contributed by atoms with Crippen LogP contribution in [-0.4, -0.2) is 154 Å². The third-order valence-electron chi connectivity index (χ3n) is 13.0. The second-order valence-electron chi connectivity index (χ2n) is 18.5. The maximum absolute atomic E-state index is 14.7. The fourth-order valence-electron chi connectivity index (χ4n) is 8.61. The quantitative estimate of drug-likeness (QED) is 0.0548. The number of nitrogens with two attached hydrogens (primary N) is 2. The highest BCUT2D eigenvalue weighted by atomic mass is 32.2. The zero-order valence-electron chi connectivity index (χ0n) is 41.4. The molecule has 3 heterocycles. The lowest BCUT2D eigenvalue weighted by molar-refractivity contribution is -0.156. The number of thioether (sulfide) groups is 1. The van der Waals surface area contributed by atoms with E-state index in [1.807, 2.05) is 0 Å². The Morgan fingerprint density at radius 3 is 2.27 bits per heavy atom. The molecule has 23 nitrogen and oxygen atoms in total. The Labute approximate surface area is 426 Å². The SMILES string of the molecule is CC[C@H](C)[C@@H]1NC(=O)CNC(=O)[C@H](N)Cc2c([nH]c3ccccc23)SCC(C(=O)N[C@@H](CC(N)=O)C(=O)N2C[C@H](O)C[C@]2(C=O)CN[C@H](C(=O)OCc2ccccc2)[C@@H](C)[C@H](C)OC(C)=O)NC(=O)CNC1=O. The molecule has 3 aromatic rings. The van der Waals surface area contributed by atoms with Crippen molar-refractivity contribution in [2.24, 2.45) is 23.3 Å². The molecule has 0 bridgehead atoms. The molecule has 1 aromatic heterocycles. The zero-order valence-corrected chi connectivity index (χ0v) is 42.2. The van der Waals surface area contributed by atoms with Gasteiger partial charge in [-0.15, -0.1) is 11.8 Å². The van der Waals surface area contributed by atoms with Crippen LogP contribution in [-0.2, 0) is 70.4 Å². The Hall–Kier alpha value is -6.89. The Morgan fingerprint density at radius 1 is 0.959 bits per heavy atom. The van der Waals surface area contributed by atoms with Crippen LogP contribution in [0.3, 0.4) is 0 Å². The topological polar surface area (TPSA) is 353 Å². The van der Waals surface area contributed by atoms with E-state index in [0.29, 0.717) is 39.8 Å². The van der Waals surface area contributed by atoms with Crippen LogP contribution in [0.5, 0.6) is 0 Å². The van der Waals surface area contributed by atoms with Gasteiger partial charge in [0.2, 0.25) is 41.4 Å². The number of ether oxygens (including phenoxy) is 2. The molecule has 2 aliphatic heterocycles. The number of para-hydroxylation sites is 1. The predicted molar refractivity (Wildman–Crippen MR) is 265 cm³/mol. The van der Waals surface area contributed by atoms with Crippen LogP contribution in [0, 0.1) is 11.8 Å². The fraction of sp³-hybridized carbons (Fsp3) is 0.510. The van der Waals surface area contributed by atoms with E-state index in [4.69, 9.17) is 20.9 Å². The molecule has 12 N–H and O–H groups in total. The van der Waals surface area contributed by atoms with E-state index in [1.165, 1.54) is 6.92 Å². The maximum atomic E-state index is 14.7. The van der Waals surface area contributed by atoms with Gasteiger partial charge in [0.25, 0.3) is 0 Å². The molecule has 0 aliphatic carbocycles. The van der Waals surface area contributed by atoms with Gasteiger partial charge in [0.1, 0.15) is 48.7 Å². The number of amides is 7. The highest BCUT2D eigenvalue weighted by Crippen LogP contribution is 2.32. The molecule has 2 aliphatic rings. The first-order chi connectivity index (χ1) is 34.7. The number of rotatable bonds is 17. The van der Waals surface area contributed by atoms with Crippen LogP contribution in [0.25, 0.3) is 10.9 Å². The van der Waals surface area contributed by atoms with Gasteiger partial charge in [0.05, 0.1) is 36.7 Å². The number of nitrogens with one attached hydrogen (secondary N) is 7. The third kappa shape index (κ3) is 15.3. The number of aldehydes is 1. The standard InChI is InChI=1S/C49H66N10O13S/c1-6-26(2)41-45(68)53-19-39(64)55-37(23-73-46-33(32-14-10-11-15-35(32)57-46)16-34(50)43(66)52-20-40(65)58-41)44(67)56-36(17-38(51)63)47(69)59-21-31(62)18-49(59,25-60)24-54-42(27(3)28(4)72-29(5)61)48(70)71-22-30-12-8-7-9-13-30/h7-15,25-28,31,34,36-37,41-42,54,57,62H,6,16-24,50H2,1-5H3,(H2,51,63)(H,52,66)(H,53,68)(H,55,64)(H,56,67)(H,58,65)/t26-,27-,28-,31+,34+,36-,37?,41-,42-,49+/m0/s1. The smallest absolute Gasteiger partial charge is 0.323 e. The molecule has 0 spiro atoms. The maximum Gasteiger partial charge on any atom is 0.323 e. The van der Waals surface area contributed by atoms with Crippen LogP contribution in [0.15, 0.2) is 59.6 Å². The summed E-state index contributed by atoms with van der Waals surface area (Å²) in [6, 6.07) is 9.12. The van der Waals surface area contributed by atoms with Crippen molar-refractivity contribution in [1.29, 1.82) is 0 Å². The minimum absolute atomic E-state index is 0.0368. The number of nitrogens with zero attached hydrogens (tertiary/aromatic N) is 1. The number of aromatic amines is 1. The summed E-state index contributed by atoms with van der Waals surface area (Å²) in [5.41, 5.74) is 12.0. The number of aliphatic hydroxyl groups excluding tert-OH is 1. The van der Waals surface area contributed by atoms with Gasteiger partial charge < -0.3 is 72.6 Å². The number of H-pyrrole nitrogens is 1. The van der Waals surface area contributed by atoms with Crippen molar-refractivity contribution >= 4 is 82.2 Å². The second kappa shape index (κ2) is 26.2. The molecule has 2 aromatic carbocycles. The molecule has 1 fully saturated rings. The van der Waals surface area contributed by atoms with E-state index in [1.54, 1.807) is 82.3 Å². The summed E-state index contributed by atoms with van der Waals surface area (Å²) < 4.78 is 11.0. The average molecular weight is 1040 g/mol. The van der Waals surface area contributed by atoms with E-state index in [0.717, 1.165) is 16.7 Å². The number of primary amides is 1. The second-order valence-corrected chi connectivity index (χ2v) is 19.5. The molecular weight excluding hydrogens is 969 g/mol. The number of β-amino-alcohol motifs (C(OH)–C–C–N with tert-alkyl or cyclic N) is 1. The first-order valence-electron chi connectivity index (χ1n) is 23.9. The number of likely N-dealkylation sites (tertiary alicyclic amines) is 1. The Bertz CT molecular complexity index is 2510. The fourth-order valence-corrected chi connectivity index (χ4v) is 9.73. The number of benzene rings is 2. The van der Waals surface area contributed by atoms with Gasteiger partial charge >= 0.3 is 11.9 Å². The number of aliphatic hydroxyl groups is 1. The van der Waals surface area contributed by atoms with Crippen LogP contribution in [0.1, 0.15) is 65.0 Å². The van der Waals surface area contributed by atoms with Gasteiger partial charge in [0, 0.05) is 49.0 Å².